The van der Waals surface area contributed by atoms with Gasteiger partial charge in [0.1, 0.15) is 0 Å². The molecular weight excluding hydrogens is 300 g/mol. The van der Waals surface area contributed by atoms with Gasteiger partial charge in [-0.15, -0.1) is 0 Å². The lowest BCUT2D eigenvalue weighted by Gasteiger charge is -2.34. The quantitative estimate of drug-likeness (QED) is 0.745. The van der Waals surface area contributed by atoms with Crippen molar-refractivity contribution >= 4 is 28.1 Å². The van der Waals surface area contributed by atoms with Crippen molar-refractivity contribution in [3.63, 3.8) is 0 Å². The van der Waals surface area contributed by atoms with Gasteiger partial charge in [-0.25, -0.2) is 0 Å². The number of allylic oxidation sites excluding steroid dienone is 4. The predicted molar refractivity (Wildman–Crippen MR) is 90.9 cm³/mol. The molecule has 3 aliphatic carbocycles. The largest absolute Gasteiger partial charge is 0.298 e. The van der Waals surface area contributed by atoms with Crippen LogP contribution in [0, 0.1) is 13.8 Å². The fourth-order valence-electron chi connectivity index (χ4n) is 4.58. The number of carbonyl (C=O) groups excluding carboxylic acids is 3. The Hall–Kier alpha value is -2.81. The van der Waals surface area contributed by atoms with Crippen LogP contribution < -0.4 is 0 Å². The molecule has 0 amide bonds. The number of hydrogen-bond acceptors (Lipinski definition) is 3. The summed E-state index contributed by atoms with van der Waals surface area (Å²) in [5.74, 6) is -0.876. The Morgan fingerprint density at radius 3 is 1.62 bits per heavy atom. The van der Waals surface area contributed by atoms with Gasteiger partial charge in [-0.3, -0.25) is 14.4 Å². The van der Waals surface area contributed by atoms with E-state index in [0.717, 1.165) is 33.0 Å². The molecule has 0 spiro atoms. The molecule has 0 N–H and O–H groups in total. The summed E-state index contributed by atoms with van der Waals surface area (Å²) >= 11 is 0. The summed E-state index contributed by atoms with van der Waals surface area (Å²) in [6.45, 7) is 3.98. The smallest absolute Gasteiger partial charge is 0.185 e. The lowest BCUT2D eigenvalue weighted by atomic mass is 9.66. The Balaban J connectivity index is 2.10. The van der Waals surface area contributed by atoms with Crippen LogP contribution in [-0.2, 0) is 4.79 Å². The van der Waals surface area contributed by atoms with Crippen LogP contribution in [0.1, 0.15) is 54.8 Å². The highest BCUT2D eigenvalue weighted by Gasteiger charge is 2.42. The fourth-order valence-corrected chi connectivity index (χ4v) is 4.58. The van der Waals surface area contributed by atoms with E-state index in [0.29, 0.717) is 11.1 Å². The SMILES string of the molecule is Cc1cc2c3c4c5c(cc(C)c14)C(=O)C=CC5C(=O)C3C=CC2=O. The van der Waals surface area contributed by atoms with Crippen LogP contribution in [0.4, 0.5) is 0 Å². The summed E-state index contributed by atoms with van der Waals surface area (Å²) < 4.78 is 0. The van der Waals surface area contributed by atoms with Gasteiger partial charge in [0.15, 0.2) is 17.3 Å². The third kappa shape index (κ3) is 1.41. The average Bonchev–Trinajstić information content (AvgIpc) is 2.55. The molecule has 2 unspecified atom stereocenters. The van der Waals surface area contributed by atoms with Gasteiger partial charge >= 0.3 is 0 Å². The van der Waals surface area contributed by atoms with E-state index in [2.05, 4.69) is 0 Å². The Bertz CT molecular complexity index is 1000. The van der Waals surface area contributed by atoms with Gasteiger partial charge in [0.25, 0.3) is 0 Å². The molecule has 0 saturated heterocycles. The number of ketones is 3. The van der Waals surface area contributed by atoms with Crippen molar-refractivity contribution in [1.29, 1.82) is 0 Å². The molecule has 3 heteroatoms. The van der Waals surface area contributed by atoms with Crippen molar-refractivity contribution in [3.8, 4) is 0 Å². The lowest BCUT2D eigenvalue weighted by Crippen LogP contribution is -2.30. The maximum Gasteiger partial charge on any atom is 0.185 e. The molecule has 0 aromatic heterocycles. The highest BCUT2D eigenvalue weighted by Crippen LogP contribution is 2.49. The van der Waals surface area contributed by atoms with Crippen molar-refractivity contribution < 1.29 is 14.4 Å². The van der Waals surface area contributed by atoms with Gasteiger partial charge in [-0.1, -0.05) is 12.2 Å². The Morgan fingerprint density at radius 2 is 1.17 bits per heavy atom. The van der Waals surface area contributed by atoms with Gasteiger partial charge in [0.05, 0.1) is 11.8 Å². The third-order valence-electron chi connectivity index (χ3n) is 5.53. The van der Waals surface area contributed by atoms with Gasteiger partial charge in [-0.05, 0) is 71.2 Å². The number of aryl methyl sites for hydroxylation is 2. The van der Waals surface area contributed by atoms with Gasteiger partial charge in [-0.2, -0.15) is 0 Å². The van der Waals surface area contributed by atoms with Crippen LogP contribution in [0.15, 0.2) is 36.4 Å². The van der Waals surface area contributed by atoms with Crippen LogP contribution in [0.25, 0.3) is 10.8 Å². The second kappa shape index (κ2) is 4.18. The molecule has 2 atom stereocenters. The second-order valence-corrected chi connectivity index (χ2v) is 6.86. The van der Waals surface area contributed by atoms with Gasteiger partial charge in [0, 0.05) is 11.1 Å². The zero-order chi connectivity index (χ0) is 16.7. The molecule has 5 rings (SSSR count). The van der Waals surface area contributed by atoms with E-state index in [1.54, 1.807) is 12.2 Å². The Kier molecular flexibility index (Phi) is 2.37. The zero-order valence-electron chi connectivity index (χ0n) is 13.3. The van der Waals surface area contributed by atoms with Crippen LogP contribution >= 0.6 is 0 Å². The number of Topliss-reactive ketones (excluding diaryl/α,β-unsaturated/α-hetero) is 1. The first-order valence-corrected chi connectivity index (χ1v) is 8.08. The summed E-state index contributed by atoms with van der Waals surface area (Å²) in [7, 11) is 0. The molecule has 0 heterocycles. The summed E-state index contributed by atoms with van der Waals surface area (Å²) in [4.78, 5) is 37.8. The monoisotopic (exact) mass is 314 g/mol. The molecule has 3 nitrogen and oxygen atoms in total. The predicted octanol–water partition coefficient (Wildman–Crippen LogP) is 3.71. The summed E-state index contributed by atoms with van der Waals surface area (Å²) in [5.41, 5.74) is 4.84. The minimum absolute atomic E-state index is 0.0477. The van der Waals surface area contributed by atoms with Gasteiger partial charge in [0.2, 0.25) is 0 Å². The maximum atomic E-state index is 13.0. The molecule has 0 fully saturated rings. The second-order valence-electron chi connectivity index (χ2n) is 6.86. The van der Waals surface area contributed by atoms with Crippen molar-refractivity contribution in [2.45, 2.75) is 25.7 Å². The minimum atomic E-state index is -0.397. The summed E-state index contributed by atoms with van der Waals surface area (Å²) in [5, 5.41) is 2.02. The summed E-state index contributed by atoms with van der Waals surface area (Å²) in [6, 6.07) is 3.79. The van der Waals surface area contributed by atoms with Crippen molar-refractivity contribution in [2.24, 2.45) is 0 Å². The fraction of sp³-hybridized carbons (Fsp3) is 0.190. The third-order valence-corrected chi connectivity index (χ3v) is 5.53. The highest BCUT2D eigenvalue weighted by atomic mass is 16.1. The first kappa shape index (κ1) is 13.6. The Labute approximate surface area is 138 Å². The average molecular weight is 314 g/mol. The maximum absolute atomic E-state index is 13.0. The number of rotatable bonds is 0. The molecule has 24 heavy (non-hydrogen) atoms. The van der Waals surface area contributed by atoms with Crippen molar-refractivity contribution in [2.75, 3.05) is 0 Å². The van der Waals surface area contributed by atoms with Crippen LogP contribution in [0.5, 0.6) is 0 Å². The van der Waals surface area contributed by atoms with E-state index in [4.69, 9.17) is 0 Å². The first-order valence-electron chi connectivity index (χ1n) is 8.08. The molecule has 0 aliphatic heterocycles. The molecule has 2 aromatic rings. The van der Waals surface area contributed by atoms with E-state index < -0.39 is 11.8 Å². The van der Waals surface area contributed by atoms with Gasteiger partial charge < -0.3 is 0 Å². The summed E-state index contributed by atoms with van der Waals surface area (Å²) in [6.07, 6.45) is 6.46. The number of benzene rings is 2. The van der Waals surface area contributed by atoms with Crippen LogP contribution in [-0.4, -0.2) is 17.3 Å². The minimum Gasteiger partial charge on any atom is -0.298 e. The molecule has 0 saturated carbocycles. The van der Waals surface area contributed by atoms with E-state index >= 15 is 0 Å². The molecule has 0 radical (unpaired) electrons. The van der Waals surface area contributed by atoms with E-state index in [1.807, 2.05) is 26.0 Å². The normalized spacial score (nSPS) is 23.3. The van der Waals surface area contributed by atoms with Crippen LogP contribution in [0.3, 0.4) is 0 Å². The van der Waals surface area contributed by atoms with E-state index in [-0.39, 0.29) is 17.3 Å². The molecule has 2 aromatic carbocycles. The highest BCUT2D eigenvalue weighted by molar-refractivity contribution is 6.22. The topological polar surface area (TPSA) is 51.2 Å². The first-order chi connectivity index (χ1) is 11.5. The Morgan fingerprint density at radius 1 is 0.708 bits per heavy atom. The molecule has 116 valence electrons. The lowest BCUT2D eigenvalue weighted by molar-refractivity contribution is -0.120. The number of carbonyl (C=O) groups is 3. The standard InChI is InChI=1S/C21H14O3/c1-9-7-13-15(22)5-3-11-18(13)20-17(9)10(2)8-14-16(23)6-4-12(19(14)20)21(11)24/h3-8,11-12H,1-2H3. The molecule has 3 aliphatic rings. The zero-order valence-corrected chi connectivity index (χ0v) is 13.3. The number of hydrogen-bond donors (Lipinski definition) is 0. The van der Waals surface area contributed by atoms with E-state index in [9.17, 15) is 14.4 Å². The van der Waals surface area contributed by atoms with Crippen molar-refractivity contribution in [3.05, 3.63) is 69.8 Å². The van der Waals surface area contributed by atoms with Crippen LogP contribution in [0.2, 0.25) is 0 Å². The van der Waals surface area contributed by atoms with E-state index in [1.165, 1.54) is 12.2 Å². The molecular formula is C21H14O3. The molecule has 0 bridgehead atoms. The van der Waals surface area contributed by atoms with Crippen molar-refractivity contribution in [1.82, 2.24) is 0 Å².